The van der Waals surface area contributed by atoms with E-state index in [1.54, 1.807) is 0 Å². The standard InChI is InChI=1S/C15H31N3/c1-15(2,3)13-18-8-4-14(5-9-18)12-17-10-6-16-7-11-17/h14,16H,4-13H2,1-3H3. The lowest BCUT2D eigenvalue weighted by molar-refractivity contribution is 0.110. The second kappa shape index (κ2) is 6.36. The van der Waals surface area contributed by atoms with Gasteiger partial charge in [0.15, 0.2) is 0 Å². The lowest BCUT2D eigenvalue weighted by Gasteiger charge is -2.38. The lowest BCUT2D eigenvalue weighted by Crippen LogP contribution is -2.47. The normalized spacial score (nSPS) is 25.5. The molecule has 0 unspecified atom stereocenters. The monoisotopic (exact) mass is 253 g/mol. The fourth-order valence-electron chi connectivity index (χ4n) is 3.26. The molecule has 0 saturated carbocycles. The zero-order chi connectivity index (χ0) is 13.0. The topological polar surface area (TPSA) is 18.5 Å². The minimum atomic E-state index is 0.450. The zero-order valence-corrected chi connectivity index (χ0v) is 12.5. The number of piperazine rings is 1. The van der Waals surface area contributed by atoms with Crippen molar-refractivity contribution in [2.75, 3.05) is 52.4 Å². The molecule has 0 bridgehead atoms. The Morgan fingerprint density at radius 3 is 2.11 bits per heavy atom. The molecular formula is C15H31N3. The average molecular weight is 253 g/mol. The van der Waals surface area contributed by atoms with Crippen LogP contribution in [0.3, 0.4) is 0 Å². The Morgan fingerprint density at radius 2 is 1.56 bits per heavy atom. The molecule has 0 spiro atoms. The van der Waals surface area contributed by atoms with Crippen molar-refractivity contribution in [2.24, 2.45) is 11.3 Å². The van der Waals surface area contributed by atoms with Crippen molar-refractivity contribution in [3.63, 3.8) is 0 Å². The van der Waals surface area contributed by atoms with E-state index in [2.05, 4.69) is 35.9 Å². The summed E-state index contributed by atoms with van der Waals surface area (Å²) in [5, 5.41) is 3.43. The van der Waals surface area contributed by atoms with E-state index in [0.717, 1.165) is 5.92 Å². The largest absolute Gasteiger partial charge is 0.314 e. The quantitative estimate of drug-likeness (QED) is 0.825. The maximum atomic E-state index is 3.43. The number of nitrogens with zero attached hydrogens (tertiary/aromatic N) is 2. The SMILES string of the molecule is CC(C)(C)CN1CCC(CN2CCNCC2)CC1. The van der Waals surface area contributed by atoms with Gasteiger partial charge in [0.1, 0.15) is 0 Å². The minimum absolute atomic E-state index is 0.450. The van der Waals surface area contributed by atoms with E-state index >= 15 is 0 Å². The minimum Gasteiger partial charge on any atom is -0.314 e. The number of rotatable bonds is 3. The van der Waals surface area contributed by atoms with Gasteiger partial charge in [-0.15, -0.1) is 0 Å². The summed E-state index contributed by atoms with van der Waals surface area (Å²) >= 11 is 0. The third-order valence-electron chi connectivity index (χ3n) is 4.13. The van der Waals surface area contributed by atoms with Crippen molar-refractivity contribution in [2.45, 2.75) is 33.6 Å². The van der Waals surface area contributed by atoms with Crippen LogP contribution in [0, 0.1) is 11.3 Å². The molecule has 0 aliphatic carbocycles. The fourth-order valence-corrected chi connectivity index (χ4v) is 3.26. The number of nitrogens with one attached hydrogen (secondary N) is 1. The number of piperidine rings is 1. The molecule has 2 heterocycles. The summed E-state index contributed by atoms with van der Waals surface area (Å²) in [6.45, 7) is 17.1. The molecule has 2 aliphatic rings. The van der Waals surface area contributed by atoms with Gasteiger partial charge in [0.2, 0.25) is 0 Å². The summed E-state index contributed by atoms with van der Waals surface area (Å²) in [7, 11) is 0. The van der Waals surface area contributed by atoms with Gasteiger partial charge < -0.3 is 15.1 Å². The maximum absolute atomic E-state index is 3.43. The van der Waals surface area contributed by atoms with Crippen LogP contribution in [0.5, 0.6) is 0 Å². The van der Waals surface area contributed by atoms with Crippen molar-refractivity contribution >= 4 is 0 Å². The molecule has 3 heteroatoms. The highest BCUT2D eigenvalue weighted by molar-refractivity contribution is 4.79. The van der Waals surface area contributed by atoms with Crippen LogP contribution in [-0.2, 0) is 0 Å². The molecule has 0 aromatic heterocycles. The Bertz CT molecular complexity index is 233. The van der Waals surface area contributed by atoms with Gasteiger partial charge in [-0.05, 0) is 37.3 Å². The van der Waals surface area contributed by atoms with Gasteiger partial charge in [-0.2, -0.15) is 0 Å². The van der Waals surface area contributed by atoms with Gasteiger partial charge in [0.05, 0.1) is 0 Å². The van der Waals surface area contributed by atoms with Crippen LogP contribution in [-0.4, -0.2) is 62.2 Å². The first-order valence-electron chi connectivity index (χ1n) is 7.68. The number of hydrogen-bond acceptors (Lipinski definition) is 3. The van der Waals surface area contributed by atoms with E-state index in [1.807, 2.05) is 0 Å². The molecule has 18 heavy (non-hydrogen) atoms. The van der Waals surface area contributed by atoms with Crippen LogP contribution in [0.15, 0.2) is 0 Å². The Kier molecular flexibility index (Phi) is 5.05. The Labute approximate surface area is 113 Å². The van der Waals surface area contributed by atoms with E-state index < -0.39 is 0 Å². The number of likely N-dealkylation sites (tertiary alicyclic amines) is 1. The average Bonchev–Trinajstić information content (AvgIpc) is 2.31. The first-order valence-corrected chi connectivity index (χ1v) is 7.68. The maximum Gasteiger partial charge on any atom is 0.0107 e. The van der Waals surface area contributed by atoms with Crippen molar-refractivity contribution in [1.82, 2.24) is 15.1 Å². The molecule has 0 radical (unpaired) electrons. The number of hydrogen-bond donors (Lipinski definition) is 1. The van der Waals surface area contributed by atoms with Gasteiger partial charge in [0.25, 0.3) is 0 Å². The molecule has 2 aliphatic heterocycles. The molecule has 106 valence electrons. The van der Waals surface area contributed by atoms with Crippen LogP contribution < -0.4 is 5.32 Å². The molecule has 0 aromatic carbocycles. The summed E-state index contributed by atoms with van der Waals surface area (Å²) in [5.74, 6) is 0.944. The van der Waals surface area contributed by atoms with Crippen LogP contribution >= 0.6 is 0 Å². The van der Waals surface area contributed by atoms with E-state index in [-0.39, 0.29) is 0 Å². The van der Waals surface area contributed by atoms with Gasteiger partial charge in [0, 0.05) is 39.3 Å². The van der Waals surface area contributed by atoms with Gasteiger partial charge >= 0.3 is 0 Å². The van der Waals surface area contributed by atoms with Gasteiger partial charge in [-0.3, -0.25) is 0 Å². The van der Waals surface area contributed by atoms with E-state index in [4.69, 9.17) is 0 Å². The molecule has 2 fully saturated rings. The summed E-state index contributed by atoms with van der Waals surface area (Å²) in [5.41, 5.74) is 0.450. The highest BCUT2D eigenvalue weighted by atomic mass is 15.2. The predicted octanol–water partition coefficient (Wildman–Crippen LogP) is 1.65. The second-order valence-corrected chi connectivity index (χ2v) is 7.33. The van der Waals surface area contributed by atoms with Crippen LogP contribution in [0.25, 0.3) is 0 Å². The first kappa shape index (κ1) is 14.3. The van der Waals surface area contributed by atoms with Crippen molar-refractivity contribution in [3.05, 3.63) is 0 Å². The molecule has 0 amide bonds. The zero-order valence-electron chi connectivity index (χ0n) is 12.5. The molecule has 2 saturated heterocycles. The van der Waals surface area contributed by atoms with E-state index in [0.29, 0.717) is 5.41 Å². The van der Waals surface area contributed by atoms with Crippen molar-refractivity contribution < 1.29 is 0 Å². The van der Waals surface area contributed by atoms with Crippen molar-refractivity contribution in [1.29, 1.82) is 0 Å². The third-order valence-corrected chi connectivity index (χ3v) is 4.13. The Morgan fingerprint density at radius 1 is 0.944 bits per heavy atom. The van der Waals surface area contributed by atoms with E-state index in [1.165, 1.54) is 65.2 Å². The summed E-state index contributed by atoms with van der Waals surface area (Å²) in [6.07, 6.45) is 2.81. The molecule has 3 nitrogen and oxygen atoms in total. The van der Waals surface area contributed by atoms with Crippen LogP contribution in [0.4, 0.5) is 0 Å². The predicted molar refractivity (Wildman–Crippen MR) is 77.9 cm³/mol. The van der Waals surface area contributed by atoms with Crippen molar-refractivity contribution in [3.8, 4) is 0 Å². The highest BCUT2D eigenvalue weighted by Gasteiger charge is 2.24. The van der Waals surface area contributed by atoms with Crippen LogP contribution in [0.2, 0.25) is 0 Å². The molecule has 0 atom stereocenters. The summed E-state index contributed by atoms with van der Waals surface area (Å²) in [6, 6.07) is 0. The Balaban J connectivity index is 1.66. The lowest BCUT2D eigenvalue weighted by atomic mass is 9.91. The van der Waals surface area contributed by atoms with Crippen LogP contribution in [0.1, 0.15) is 33.6 Å². The molecule has 1 N–H and O–H groups in total. The van der Waals surface area contributed by atoms with E-state index in [9.17, 15) is 0 Å². The smallest absolute Gasteiger partial charge is 0.0107 e. The van der Waals surface area contributed by atoms with Gasteiger partial charge in [-0.25, -0.2) is 0 Å². The summed E-state index contributed by atoms with van der Waals surface area (Å²) in [4.78, 5) is 5.31. The van der Waals surface area contributed by atoms with Gasteiger partial charge in [-0.1, -0.05) is 20.8 Å². The first-order chi connectivity index (χ1) is 8.53. The fraction of sp³-hybridized carbons (Fsp3) is 1.00. The second-order valence-electron chi connectivity index (χ2n) is 7.33. The molecule has 0 aromatic rings. The Hall–Kier alpha value is -0.120. The molecule has 2 rings (SSSR count). The summed E-state index contributed by atoms with van der Waals surface area (Å²) < 4.78 is 0. The third kappa shape index (κ3) is 4.87. The highest BCUT2D eigenvalue weighted by Crippen LogP contribution is 2.22. The molecular weight excluding hydrogens is 222 g/mol.